The van der Waals surface area contributed by atoms with Gasteiger partial charge in [0.1, 0.15) is 0 Å². The first kappa shape index (κ1) is 15.6. The first-order valence-corrected chi connectivity index (χ1v) is 9.07. The highest BCUT2D eigenvalue weighted by atomic mass is 32.2. The number of fused-ring (bicyclic) bond motifs is 1. The Morgan fingerprint density at radius 2 is 2.00 bits per heavy atom. The molecule has 1 aliphatic heterocycles. The number of benzene rings is 1. The molecule has 2 N–H and O–H groups in total. The topological polar surface area (TPSA) is 38.9 Å². The maximum Gasteiger partial charge on any atom is 0.0889 e. The molecule has 3 heteroatoms. The van der Waals surface area contributed by atoms with Crippen molar-refractivity contribution in [1.29, 1.82) is 0 Å². The van der Waals surface area contributed by atoms with Crippen LogP contribution in [-0.2, 0) is 11.3 Å². The van der Waals surface area contributed by atoms with Crippen molar-refractivity contribution in [2.45, 2.75) is 49.1 Å². The fourth-order valence-corrected chi connectivity index (χ4v) is 4.86. The minimum atomic E-state index is -0.271. The van der Waals surface area contributed by atoms with Gasteiger partial charge in [-0.1, -0.05) is 50.1 Å². The molecular formula is C19H24N2S. The molecule has 116 valence electrons. The standard InChI is InChI=1S/C19H24N2S/c1-2-3-11-18-16-9-4-5-10-17(16)19(20,22-18)13-12-15-8-6-7-14-21-15/h4-10,14,18H,2-3,11-13,20H2,1H3. The van der Waals surface area contributed by atoms with Crippen molar-refractivity contribution in [1.82, 2.24) is 4.98 Å². The number of aryl methyl sites for hydroxylation is 1. The van der Waals surface area contributed by atoms with Gasteiger partial charge in [0.05, 0.1) is 4.87 Å². The van der Waals surface area contributed by atoms with E-state index in [0.29, 0.717) is 5.25 Å². The van der Waals surface area contributed by atoms with Crippen LogP contribution in [0.3, 0.4) is 0 Å². The molecule has 1 aromatic heterocycles. The smallest absolute Gasteiger partial charge is 0.0889 e. The average Bonchev–Trinajstić information content (AvgIpc) is 2.86. The quantitative estimate of drug-likeness (QED) is 0.832. The van der Waals surface area contributed by atoms with Crippen molar-refractivity contribution in [2.75, 3.05) is 0 Å². The van der Waals surface area contributed by atoms with Gasteiger partial charge in [0.25, 0.3) is 0 Å². The Bertz CT molecular complexity index is 614. The summed E-state index contributed by atoms with van der Waals surface area (Å²) >= 11 is 1.95. The van der Waals surface area contributed by atoms with E-state index in [4.69, 9.17) is 5.73 Å². The molecule has 0 bridgehead atoms. The van der Waals surface area contributed by atoms with Crippen LogP contribution in [0.1, 0.15) is 54.7 Å². The van der Waals surface area contributed by atoms with E-state index in [-0.39, 0.29) is 4.87 Å². The summed E-state index contributed by atoms with van der Waals surface area (Å²) in [7, 11) is 0. The second-order valence-corrected chi connectivity index (χ2v) is 7.58. The Hall–Kier alpha value is -1.32. The predicted octanol–water partition coefficient (Wildman–Crippen LogP) is 4.80. The summed E-state index contributed by atoms with van der Waals surface area (Å²) in [6.07, 6.45) is 7.46. The molecule has 2 heterocycles. The number of hydrogen-bond donors (Lipinski definition) is 1. The summed E-state index contributed by atoms with van der Waals surface area (Å²) in [5.41, 5.74) is 10.7. The Kier molecular flexibility index (Phi) is 4.84. The number of pyridine rings is 1. The normalized spacial score (nSPS) is 23.5. The average molecular weight is 312 g/mol. The molecule has 2 atom stereocenters. The number of nitrogens with two attached hydrogens (primary N) is 1. The van der Waals surface area contributed by atoms with Crippen molar-refractivity contribution < 1.29 is 0 Å². The van der Waals surface area contributed by atoms with Gasteiger partial charge in [0, 0.05) is 17.1 Å². The third-order valence-electron chi connectivity index (χ3n) is 4.41. The lowest BCUT2D eigenvalue weighted by molar-refractivity contribution is 0.593. The molecule has 0 amide bonds. The van der Waals surface area contributed by atoms with Crippen LogP contribution in [0.4, 0.5) is 0 Å². The number of unbranched alkanes of at least 4 members (excludes halogenated alkanes) is 1. The van der Waals surface area contributed by atoms with E-state index >= 15 is 0 Å². The van der Waals surface area contributed by atoms with Crippen molar-refractivity contribution >= 4 is 11.8 Å². The molecule has 0 saturated carbocycles. The molecule has 2 unspecified atom stereocenters. The Morgan fingerprint density at radius 1 is 1.18 bits per heavy atom. The minimum absolute atomic E-state index is 0.271. The largest absolute Gasteiger partial charge is 0.313 e. The molecule has 2 nitrogen and oxygen atoms in total. The zero-order chi connectivity index (χ0) is 15.4. The highest BCUT2D eigenvalue weighted by molar-refractivity contribution is 8.00. The van der Waals surface area contributed by atoms with Gasteiger partial charge in [-0.2, -0.15) is 0 Å². The maximum atomic E-state index is 6.82. The summed E-state index contributed by atoms with van der Waals surface area (Å²) in [6.45, 7) is 2.25. The number of aromatic nitrogens is 1. The summed E-state index contributed by atoms with van der Waals surface area (Å²) in [6, 6.07) is 14.8. The second kappa shape index (κ2) is 6.84. The van der Waals surface area contributed by atoms with E-state index in [2.05, 4.69) is 42.2 Å². The lowest BCUT2D eigenvalue weighted by Crippen LogP contribution is -2.31. The Labute approximate surface area is 137 Å². The zero-order valence-electron chi connectivity index (χ0n) is 13.2. The molecule has 0 aliphatic carbocycles. The summed E-state index contributed by atoms with van der Waals surface area (Å²) < 4.78 is 0. The van der Waals surface area contributed by atoms with Crippen LogP contribution in [0.25, 0.3) is 0 Å². The van der Waals surface area contributed by atoms with Crippen LogP contribution in [0.15, 0.2) is 48.7 Å². The first-order valence-electron chi connectivity index (χ1n) is 8.19. The van der Waals surface area contributed by atoms with E-state index in [9.17, 15) is 0 Å². The van der Waals surface area contributed by atoms with Crippen LogP contribution < -0.4 is 5.73 Å². The Morgan fingerprint density at radius 3 is 2.77 bits per heavy atom. The summed E-state index contributed by atoms with van der Waals surface area (Å²) in [5, 5.41) is 0.546. The van der Waals surface area contributed by atoms with Gasteiger partial charge in [0.2, 0.25) is 0 Å². The maximum absolute atomic E-state index is 6.82. The summed E-state index contributed by atoms with van der Waals surface area (Å²) in [4.78, 5) is 4.16. The van der Waals surface area contributed by atoms with Gasteiger partial charge >= 0.3 is 0 Å². The van der Waals surface area contributed by atoms with E-state index in [0.717, 1.165) is 18.5 Å². The van der Waals surface area contributed by atoms with Crippen molar-refractivity contribution in [2.24, 2.45) is 5.73 Å². The van der Waals surface area contributed by atoms with Gasteiger partial charge < -0.3 is 5.73 Å². The third kappa shape index (κ3) is 3.21. The lowest BCUT2D eigenvalue weighted by Gasteiger charge is -2.25. The molecule has 0 spiro atoms. The van der Waals surface area contributed by atoms with E-state index in [1.54, 1.807) is 0 Å². The number of nitrogens with zero attached hydrogens (tertiary/aromatic N) is 1. The fourth-order valence-electron chi connectivity index (χ4n) is 3.20. The van der Waals surface area contributed by atoms with E-state index in [1.807, 2.05) is 30.1 Å². The molecule has 22 heavy (non-hydrogen) atoms. The van der Waals surface area contributed by atoms with Crippen molar-refractivity contribution in [3.63, 3.8) is 0 Å². The summed E-state index contributed by atoms with van der Waals surface area (Å²) in [5.74, 6) is 0. The van der Waals surface area contributed by atoms with Gasteiger partial charge in [0.15, 0.2) is 0 Å². The first-order chi connectivity index (χ1) is 10.7. The Balaban J connectivity index is 1.78. The SMILES string of the molecule is CCCCC1SC(N)(CCc2ccccn2)c2ccccc21. The number of hydrogen-bond acceptors (Lipinski definition) is 3. The highest BCUT2D eigenvalue weighted by Crippen LogP contribution is 2.55. The van der Waals surface area contributed by atoms with Crippen molar-refractivity contribution in [3.8, 4) is 0 Å². The van der Waals surface area contributed by atoms with Crippen LogP contribution in [-0.4, -0.2) is 4.98 Å². The van der Waals surface area contributed by atoms with Gasteiger partial charge in [-0.25, -0.2) is 0 Å². The minimum Gasteiger partial charge on any atom is -0.313 e. The predicted molar refractivity (Wildman–Crippen MR) is 94.7 cm³/mol. The molecule has 0 saturated heterocycles. The number of rotatable bonds is 6. The fraction of sp³-hybridized carbons (Fsp3) is 0.421. The second-order valence-electron chi connectivity index (χ2n) is 6.05. The lowest BCUT2D eigenvalue weighted by atomic mass is 9.94. The highest BCUT2D eigenvalue weighted by Gasteiger charge is 2.40. The van der Waals surface area contributed by atoms with Crippen LogP contribution in [0.5, 0.6) is 0 Å². The van der Waals surface area contributed by atoms with Crippen LogP contribution in [0.2, 0.25) is 0 Å². The molecule has 0 radical (unpaired) electrons. The molecule has 1 aliphatic rings. The third-order valence-corrected chi connectivity index (χ3v) is 6.03. The van der Waals surface area contributed by atoms with E-state index in [1.165, 1.54) is 30.4 Å². The van der Waals surface area contributed by atoms with E-state index < -0.39 is 0 Å². The van der Waals surface area contributed by atoms with Gasteiger partial charge in [-0.15, -0.1) is 11.8 Å². The molecule has 1 aromatic carbocycles. The van der Waals surface area contributed by atoms with Gasteiger partial charge in [-0.3, -0.25) is 4.98 Å². The van der Waals surface area contributed by atoms with Gasteiger partial charge in [-0.05, 0) is 42.5 Å². The number of thioether (sulfide) groups is 1. The molecular weight excluding hydrogens is 288 g/mol. The molecule has 2 aromatic rings. The van der Waals surface area contributed by atoms with Crippen molar-refractivity contribution in [3.05, 3.63) is 65.5 Å². The van der Waals surface area contributed by atoms with Crippen LogP contribution >= 0.6 is 11.8 Å². The monoisotopic (exact) mass is 312 g/mol. The van der Waals surface area contributed by atoms with Crippen LogP contribution in [0, 0.1) is 0 Å². The zero-order valence-corrected chi connectivity index (χ0v) is 14.0. The molecule has 3 rings (SSSR count). The molecule has 0 fully saturated rings.